The topological polar surface area (TPSA) is 12.4 Å². The van der Waals surface area contributed by atoms with Crippen molar-refractivity contribution >= 4 is 6.21 Å². The van der Waals surface area contributed by atoms with Crippen LogP contribution in [0.3, 0.4) is 0 Å². The summed E-state index contributed by atoms with van der Waals surface area (Å²) in [5, 5.41) is 0. The van der Waals surface area contributed by atoms with Crippen LogP contribution in [0, 0.1) is 5.41 Å². The van der Waals surface area contributed by atoms with Crippen molar-refractivity contribution in [2.75, 3.05) is 6.54 Å². The first kappa shape index (κ1) is 21.6. The van der Waals surface area contributed by atoms with E-state index in [9.17, 15) is 0 Å². The van der Waals surface area contributed by atoms with Crippen LogP contribution in [-0.4, -0.2) is 12.8 Å². The molecule has 0 aromatic rings. The van der Waals surface area contributed by atoms with Gasteiger partial charge in [-0.05, 0) is 51.3 Å². The van der Waals surface area contributed by atoms with Crippen LogP contribution in [0.4, 0.5) is 0 Å². The summed E-state index contributed by atoms with van der Waals surface area (Å²) in [5.74, 6) is 0. The minimum atomic E-state index is 0.0493. The number of aliphatic imine (C=N–C) groups is 1. The van der Waals surface area contributed by atoms with Gasteiger partial charge in [0.1, 0.15) is 0 Å². The predicted octanol–water partition coefficient (Wildman–Crippen LogP) is 7.08. The fourth-order valence-electron chi connectivity index (χ4n) is 2.52. The maximum atomic E-state index is 4.48. The second-order valence-electron chi connectivity index (χ2n) is 6.72. The van der Waals surface area contributed by atoms with Crippen molar-refractivity contribution in [3.05, 3.63) is 47.1 Å². The van der Waals surface area contributed by atoms with Gasteiger partial charge in [-0.1, -0.05) is 69.9 Å². The van der Waals surface area contributed by atoms with Gasteiger partial charge in [0.05, 0.1) is 0 Å². The highest BCUT2D eigenvalue weighted by molar-refractivity contribution is 5.72. The van der Waals surface area contributed by atoms with Crippen LogP contribution in [0.15, 0.2) is 52.1 Å². The molecule has 0 rings (SSSR count). The molecule has 0 heterocycles. The summed E-state index contributed by atoms with van der Waals surface area (Å²) in [6.45, 7) is 16.3. The Kier molecular flexibility index (Phi) is 11.4. The van der Waals surface area contributed by atoms with Gasteiger partial charge >= 0.3 is 0 Å². The summed E-state index contributed by atoms with van der Waals surface area (Å²) < 4.78 is 0. The Morgan fingerprint density at radius 1 is 1.04 bits per heavy atom. The predicted molar refractivity (Wildman–Crippen MR) is 107 cm³/mol. The Morgan fingerprint density at radius 2 is 1.74 bits per heavy atom. The molecule has 0 aliphatic carbocycles. The summed E-state index contributed by atoms with van der Waals surface area (Å²) in [6, 6.07) is 0. The molecule has 0 N–H and O–H groups in total. The molecular formula is C22H37N. The van der Waals surface area contributed by atoms with Crippen LogP contribution in [0.2, 0.25) is 0 Å². The molecule has 0 spiro atoms. The van der Waals surface area contributed by atoms with Crippen LogP contribution in [-0.2, 0) is 0 Å². The average molecular weight is 316 g/mol. The van der Waals surface area contributed by atoms with E-state index in [0.717, 1.165) is 6.54 Å². The second-order valence-corrected chi connectivity index (χ2v) is 6.72. The first-order valence-electron chi connectivity index (χ1n) is 9.05. The van der Waals surface area contributed by atoms with Gasteiger partial charge in [-0.15, -0.1) is 0 Å². The Bertz CT molecular complexity index is 470. The van der Waals surface area contributed by atoms with E-state index in [1.165, 1.54) is 42.4 Å². The largest absolute Gasteiger partial charge is 0.293 e. The lowest BCUT2D eigenvalue weighted by Crippen LogP contribution is -2.15. The van der Waals surface area contributed by atoms with Crippen molar-refractivity contribution in [2.24, 2.45) is 10.4 Å². The van der Waals surface area contributed by atoms with E-state index < -0.39 is 0 Å². The lowest BCUT2D eigenvalue weighted by Gasteiger charge is -2.28. The number of rotatable bonds is 10. The van der Waals surface area contributed by atoms with Crippen molar-refractivity contribution in [1.82, 2.24) is 0 Å². The highest BCUT2D eigenvalue weighted by atomic mass is 14.7. The normalized spacial score (nSPS) is 15.2. The van der Waals surface area contributed by atoms with E-state index in [1.54, 1.807) is 0 Å². The SMILES string of the molecule is C/C=C(/C=C/C)C(C)(C)/C(C)=C/C(C)=C\C=NCCCCCC. The lowest BCUT2D eigenvalue weighted by atomic mass is 9.77. The van der Waals surface area contributed by atoms with Crippen molar-refractivity contribution in [1.29, 1.82) is 0 Å². The molecular weight excluding hydrogens is 278 g/mol. The third kappa shape index (κ3) is 8.74. The molecule has 0 atom stereocenters. The second kappa shape index (κ2) is 12.1. The smallest absolute Gasteiger partial charge is 0.0389 e. The van der Waals surface area contributed by atoms with E-state index >= 15 is 0 Å². The van der Waals surface area contributed by atoms with Crippen molar-refractivity contribution < 1.29 is 0 Å². The molecule has 0 aliphatic heterocycles. The molecule has 0 amide bonds. The van der Waals surface area contributed by atoms with Gasteiger partial charge in [-0.2, -0.15) is 0 Å². The molecule has 1 heteroatoms. The van der Waals surface area contributed by atoms with E-state index in [-0.39, 0.29) is 5.41 Å². The minimum absolute atomic E-state index is 0.0493. The van der Waals surface area contributed by atoms with Crippen LogP contribution in [0.5, 0.6) is 0 Å². The van der Waals surface area contributed by atoms with Crippen LogP contribution in [0.25, 0.3) is 0 Å². The first-order chi connectivity index (χ1) is 10.9. The standard InChI is InChI=1S/C22H37N/c1-8-11-12-13-16-23-17-15-19(4)18-20(5)22(6,7)21(10-3)14-9-2/h9-10,14-15,17-18H,8,11-13,16H2,1-7H3/b14-9+,19-15-,20-18+,21-10-,23-17?. The van der Waals surface area contributed by atoms with Gasteiger partial charge in [-0.3, -0.25) is 4.99 Å². The van der Waals surface area contributed by atoms with Gasteiger partial charge in [0.25, 0.3) is 0 Å². The summed E-state index contributed by atoms with van der Waals surface area (Å²) in [6.07, 6.45) is 18.0. The van der Waals surface area contributed by atoms with Gasteiger partial charge < -0.3 is 0 Å². The van der Waals surface area contributed by atoms with E-state index in [0.29, 0.717) is 0 Å². The molecule has 130 valence electrons. The van der Waals surface area contributed by atoms with Gasteiger partial charge in [-0.25, -0.2) is 0 Å². The Labute approximate surface area is 145 Å². The van der Waals surface area contributed by atoms with Crippen LogP contribution >= 0.6 is 0 Å². The summed E-state index contributed by atoms with van der Waals surface area (Å²) in [7, 11) is 0. The molecule has 0 bridgehead atoms. The summed E-state index contributed by atoms with van der Waals surface area (Å²) in [4.78, 5) is 4.48. The van der Waals surface area contributed by atoms with E-state index in [2.05, 4.69) is 83.8 Å². The maximum absolute atomic E-state index is 4.48. The summed E-state index contributed by atoms with van der Waals surface area (Å²) >= 11 is 0. The zero-order chi connectivity index (χ0) is 17.7. The highest BCUT2D eigenvalue weighted by Crippen LogP contribution is 2.35. The van der Waals surface area contributed by atoms with Gasteiger partial charge in [0.15, 0.2) is 0 Å². The molecule has 0 aromatic carbocycles. The lowest BCUT2D eigenvalue weighted by molar-refractivity contribution is 0.550. The third-order valence-corrected chi connectivity index (χ3v) is 4.39. The molecule has 1 nitrogen and oxygen atoms in total. The molecule has 0 radical (unpaired) electrons. The van der Waals surface area contributed by atoms with Crippen LogP contribution < -0.4 is 0 Å². The molecule has 0 fully saturated rings. The number of hydrogen-bond acceptors (Lipinski definition) is 1. The number of unbranched alkanes of at least 4 members (excludes halogenated alkanes) is 3. The van der Waals surface area contributed by atoms with Gasteiger partial charge in [0, 0.05) is 18.2 Å². The molecule has 0 saturated carbocycles. The zero-order valence-electron chi connectivity index (χ0n) is 16.4. The van der Waals surface area contributed by atoms with Crippen LogP contribution in [0.1, 0.15) is 74.1 Å². The van der Waals surface area contributed by atoms with E-state index in [1.807, 2.05) is 6.21 Å². The Balaban J connectivity index is 4.76. The zero-order valence-corrected chi connectivity index (χ0v) is 16.4. The van der Waals surface area contributed by atoms with Crippen molar-refractivity contribution in [2.45, 2.75) is 74.1 Å². The Hall–Kier alpha value is -1.37. The fraction of sp³-hybridized carbons (Fsp3) is 0.591. The molecule has 0 unspecified atom stereocenters. The maximum Gasteiger partial charge on any atom is 0.0389 e. The van der Waals surface area contributed by atoms with Gasteiger partial charge in [0.2, 0.25) is 0 Å². The molecule has 0 aliphatic rings. The average Bonchev–Trinajstić information content (AvgIpc) is 2.51. The van der Waals surface area contributed by atoms with Crippen molar-refractivity contribution in [3.63, 3.8) is 0 Å². The minimum Gasteiger partial charge on any atom is -0.293 e. The number of allylic oxidation sites excluding steroid dienone is 8. The fourth-order valence-corrected chi connectivity index (χ4v) is 2.52. The molecule has 23 heavy (non-hydrogen) atoms. The number of nitrogens with zero attached hydrogens (tertiary/aromatic N) is 1. The summed E-state index contributed by atoms with van der Waals surface area (Å²) in [5.41, 5.74) is 4.02. The molecule has 0 aromatic heterocycles. The first-order valence-corrected chi connectivity index (χ1v) is 9.05. The monoisotopic (exact) mass is 315 g/mol. The quantitative estimate of drug-likeness (QED) is 0.232. The molecule has 0 saturated heterocycles. The van der Waals surface area contributed by atoms with E-state index in [4.69, 9.17) is 0 Å². The third-order valence-electron chi connectivity index (χ3n) is 4.39. The number of hydrogen-bond donors (Lipinski definition) is 0. The highest BCUT2D eigenvalue weighted by Gasteiger charge is 2.22. The Morgan fingerprint density at radius 3 is 2.30 bits per heavy atom. The van der Waals surface area contributed by atoms with Crippen molar-refractivity contribution in [3.8, 4) is 0 Å².